The summed E-state index contributed by atoms with van der Waals surface area (Å²) in [5.41, 5.74) is 4.21. The fraction of sp³-hybridized carbons (Fsp3) is 0.235. The zero-order valence-electron chi connectivity index (χ0n) is 11.4. The third-order valence-electron chi connectivity index (χ3n) is 3.36. The first-order valence-electron chi connectivity index (χ1n) is 6.34. The highest BCUT2D eigenvalue weighted by Crippen LogP contribution is 2.33. The Labute approximate surface area is 119 Å². The zero-order chi connectivity index (χ0) is 14.0. The second-order valence-electron chi connectivity index (χ2n) is 4.89. The second kappa shape index (κ2) is 5.62. The van der Waals surface area contributed by atoms with Gasteiger partial charge in [0.15, 0.2) is 5.78 Å². The van der Waals surface area contributed by atoms with Crippen molar-refractivity contribution >= 4 is 29.2 Å². The van der Waals surface area contributed by atoms with Crippen LogP contribution in [-0.2, 0) is 4.79 Å². The number of allylic oxidation sites excluding steroid dienone is 3. The highest BCUT2D eigenvalue weighted by atomic mass is 32.2. The molecule has 0 aliphatic carbocycles. The summed E-state index contributed by atoms with van der Waals surface area (Å²) in [5.74, 6) is 1.29. The standard InChI is InChI=1S/C17H18OS/c1-5-11(2)14-7-6-12(3)15(8-14)9-16-17(18)13(4)10-19-16/h5-9,13H,1-2,10H2,3-4H3. The minimum Gasteiger partial charge on any atom is -0.293 e. The molecule has 19 heavy (non-hydrogen) atoms. The number of hydrogen-bond donors (Lipinski definition) is 0. The maximum atomic E-state index is 12.0. The zero-order valence-corrected chi connectivity index (χ0v) is 12.2. The van der Waals surface area contributed by atoms with Crippen molar-refractivity contribution in [2.24, 2.45) is 5.92 Å². The van der Waals surface area contributed by atoms with Crippen LogP contribution in [0.3, 0.4) is 0 Å². The summed E-state index contributed by atoms with van der Waals surface area (Å²) in [6.07, 6.45) is 3.75. The summed E-state index contributed by atoms with van der Waals surface area (Å²) in [6, 6.07) is 6.17. The van der Waals surface area contributed by atoms with Crippen LogP contribution in [0.15, 0.2) is 42.3 Å². The van der Waals surface area contributed by atoms with E-state index in [1.807, 2.05) is 19.1 Å². The van der Waals surface area contributed by atoms with E-state index in [0.29, 0.717) is 0 Å². The van der Waals surface area contributed by atoms with Gasteiger partial charge in [-0.15, -0.1) is 11.8 Å². The lowest BCUT2D eigenvalue weighted by Gasteiger charge is -2.06. The van der Waals surface area contributed by atoms with Gasteiger partial charge in [0, 0.05) is 11.7 Å². The van der Waals surface area contributed by atoms with Crippen molar-refractivity contribution in [2.45, 2.75) is 13.8 Å². The van der Waals surface area contributed by atoms with Crippen molar-refractivity contribution in [3.63, 3.8) is 0 Å². The van der Waals surface area contributed by atoms with Crippen LogP contribution in [0.2, 0.25) is 0 Å². The van der Waals surface area contributed by atoms with Gasteiger partial charge in [-0.1, -0.05) is 38.3 Å². The maximum Gasteiger partial charge on any atom is 0.172 e. The number of thioether (sulfide) groups is 1. The maximum absolute atomic E-state index is 12.0. The minimum absolute atomic E-state index is 0.142. The lowest BCUT2D eigenvalue weighted by molar-refractivity contribution is -0.116. The number of ketones is 1. The van der Waals surface area contributed by atoms with E-state index in [1.54, 1.807) is 17.8 Å². The van der Waals surface area contributed by atoms with E-state index in [0.717, 1.165) is 27.4 Å². The lowest BCUT2D eigenvalue weighted by atomic mass is 9.99. The summed E-state index contributed by atoms with van der Waals surface area (Å²) in [4.78, 5) is 12.8. The molecule has 1 heterocycles. The SMILES string of the molecule is C=CC(=C)c1ccc(C)c(C=C2SCC(C)C2=O)c1. The predicted molar refractivity (Wildman–Crippen MR) is 85.0 cm³/mol. The molecular formula is C17H18OS. The Kier molecular flexibility index (Phi) is 4.11. The average Bonchev–Trinajstić information content (AvgIpc) is 2.72. The van der Waals surface area contributed by atoms with Gasteiger partial charge in [0.1, 0.15) is 0 Å². The average molecular weight is 270 g/mol. The first kappa shape index (κ1) is 13.9. The Bertz CT molecular complexity index is 581. The number of hydrogen-bond acceptors (Lipinski definition) is 2. The van der Waals surface area contributed by atoms with Crippen LogP contribution >= 0.6 is 11.8 Å². The van der Waals surface area contributed by atoms with Gasteiger partial charge in [-0.25, -0.2) is 0 Å². The first-order valence-corrected chi connectivity index (χ1v) is 7.32. The highest BCUT2D eigenvalue weighted by Gasteiger charge is 2.26. The van der Waals surface area contributed by atoms with Gasteiger partial charge in [0.05, 0.1) is 4.91 Å². The van der Waals surface area contributed by atoms with E-state index < -0.39 is 0 Å². The molecule has 0 saturated carbocycles. The third kappa shape index (κ3) is 2.90. The normalized spacial score (nSPS) is 20.8. The molecule has 1 aliphatic rings. The van der Waals surface area contributed by atoms with Crippen molar-refractivity contribution in [1.82, 2.24) is 0 Å². The van der Waals surface area contributed by atoms with Gasteiger partial charge in [0.25, 0.3) is 0 Å². The Morgan fingerprint density at radius 3 is 2.79 bits per heavy atom. The van der Waals surface area contributed by atoms with E-state index in [-0.39, 0.29) is 11.7 Å². The van der Waals surface area contributed by atoms with Crippen LogP contribution in [-0.4, -0.2) is 11.5 Å². The fourth-order valence-corrected chi connectivity index (χ4v) is 3.11. The molecule has 1 fully saturated rings. The second-order valence-corrected chi connectivity index (χ2v) is 5.95. The summed E-state index contributed by atoms with van der Waals surface area (Å²) in [7, 11) is 0. The summed E-state index contributed by atoms with van der Waals surface area (Å²) >= 11 is 1.65. The Morgan fingerprint density at radius 2 is 2.21 bits per heavy atom. The van der Waals surface area contributed by atoms with Gasteiger partial charge in [-0.3, -0.25) is 4.79 Å². The van der Waals surface area contributed by atoms with E-state index >= 15 is 0 Å². The fourth-order valence-electron chi connectivity index (χ4n) is 1.97. The van der Waals surface area contributed by atoms with Crippen LogP contribution in [0.25, 0.3) is 11.6 Å². The monoisotopic (exact) mass is 270 g/mol. The van der Waals surface area contributed by atoms with Gasteiger partial charge in [0.2, 0.25) is 0 Å². The molecule has 0 spiro atoms. The van der Waals surface area contributed by atoms with Crippen LogP contribution < -0.4 is 0 Å². The highest BCUT2D eigenvalue weighted by molar-refractivity contribution is 8.04. The predicted octanol–water partition coefficient (Wildman–Crippen LogP) is 4.49. The Balaban J connectivity index is 2.40. The van der Waals surface area contributed by atoms with Crippen LogP contribution in [0, 0.1) is 12.8 Å². The molecule has 0 aromatic heterocycles. The van der Waals surface area contributed by atoms with E-state index in [9.17, 15) is 4.79 Å². The van der Waals surface area contributed by atoms with Gasteiger partial charge >= 0.3 is 0 Å². The quantitative estimate of drug-likeness (QED) is 0.594. The van der Waals surface area contributed by atoms with Crippen LogP contribution in [0.5, 0.6) is 0 Å². The summed E-state index contributed by atoms with van der Waals surface area (Å²) < 4.78 is 0. The van der Waals surface area contributed by atoms with Crippen molar-refractivity contribution in [1.29, 1.82) is 0 Å². The molecule has 98 valence electrons. The van der Waals surface area contributed by atoms with Crippen molar-refractivity contribution in [3.05, 3.63) is 59.0 Å². The number of rotatable bonds is 3. The van der Waals surface area contributed by atoms with E-state index in [1.165, 1.54) is 5.56 Å². The molecule has 0 bridgehead atoms. The molecule has 1 aromatic carbocycles. The number of carbonyl (C=O) groups excluding carboxylic acids is 1. The van der Waals surface area contributed by atoms with Crippen LogP contribution in [0.4, 0.5) is 0 Å². The molecule has 0 radical (unpaired) electrons. The number of aryl methyl sites for hydroxylation is 1. The molecule has 0 N–H and O–H groups in total. The lowest BCUT2D eigenvalue weighted by Crippen LogP contribution is -2.04. The molecule has 1 unspecified atom stereocenters. The minimum atomic E-state index is 0.142. The van der Waals surface area contributed by atoms with E-state index in [4.69, 9.17) is 0 Å². The van der Waals surface area contributed by atoms with Gasteiger partial charge < -0.3 is 0 Å². The summed E-state index contributed by atoms with van der Waals surface area (Å²) in [6.45, 7) is 11.7. The molecule has 1 atom stereocenters. The molecule has 1 saturated heterocycles. The van der Waals surface area contributed by atoms with Gasteiger partial charge in [-0.05, 0) is 41.3 Å². The molecule has 0 amide bonds. The molecule has 1 nitrogen and oxygen atoms in total. The van der Waals surface area contributed by atoms with Crippen molar-refractivity contribution in [3.8, 4) is 0 Å². The molecule has 1 aliphatic heterocycles. The largest absolute Gasteiger partial charge is 0.293 e. The molecule has 1 aromatic rings. The van der Waals surface area contributed by atoms with E-state index in [2.05, 4.69) is 32.2 Å². The first-order chi connectivity index (χ1) is 9.02. The number of benzene rings is 1. The third-order valence-corrected chi connectivity index (χ3v) is 4.66. The topological polar surface area (TPSA) is 17.1 Å². The number of carbonyl (C=O) groups is 1. The summed E-state index contributed by atoms with van der Waals surface area (Å²) in [5, 5.41) is 0. The van der Waals surface area contributed by atoms with Crippen molar-refractivity contribution < 1.29 is 4.79 Å². The Hall–Kier alpha value is -1.54. The molecule has 2 rings (SSSR count). The molecule has 2 heteroatoms. The van der Waals surface area contributed by atoms with Gasteiger partial charge in [-0.2, -0.15) is 0 Å². The van der Waals surface area contributed by atoms with Crippen LogP contribution in [0.1, 0.15) is 23.6 Å². The van der Waals surface area contributed by atoms with Crippen molar-refractivity contribution in [2.75, 3.05) is 5.75 Å². The number of Topliss-reactive ketones (excluding diaryl/α,β-unsaturated/α-hetero) is 1. The Morgan fingerprint density at radius 1 is 1.47 bits per heavy atom. The smallest absolute Gasteiger partial charge is 0.172 e. The molecular weight excluding hydrogens is 252 g/mol.